The lowest BCUT2D eigenvalue weighted by Gasteiger charge is -2.19. The number of fused-ring (bicyclic) bond motifs is 4. The van der Waals surface area contributed by atoms with Crippen molar-refractivity contribution in [1.29, 1.82) is 0 Å². The van der Waals surface area contributed by atoms with Gasteiger partial charge in [-0.25, -0.2) is 0 Å². The van der Waals surface area contributed by atoms with Crippen LogP contribution in [0.4, 0.5) is 11.4 Å². The molecule has 0 saturated heterocycles. The Balaban J connectivity index is 0.896. The number of methoxy groups -OCH3 is 2. The first kappa shape index (κ1) is 34.0. The molecule has 0 radical (unpaired) electrons. The summed E-state index contributed by atoms with van der Waals surface area (Å²) in [6, 6.07) is 23.1. The first-order valence-electron chi connectivity index (χ1n) is 17.8. The summed E-state index contributed by atoms with van der Waals surface area (Å²) in [5, 5.41) is 0. The minimum absolute atomic E-state index is 0.0846. The second kappa shape index (κ2) is 14.1. The molecule has 4 aliphatic rings. The molecule has 268 valence electrons. The van der Waals surface area contributed by atoms with Crippen molar-refractivity contribution in [2.24, 2.45) is 9.98 Å². The third kappa shape index (κ3) is 6.57. The largest absolute Gasteiger partial charge is 0.497 e. The molecular formula is C43H40N4O6. The van der Waals surface area contributed by atoms with Gasteiger partial charge in [-0.3, -0.25) is 19.6 Å². The second-order valence-corrected chi connectivity index (χ2v) is 13.6. The molecule has 53 heavy (non-hydrogen) atoms. The Kier molecular flexibility index (Phi) is 9.04. The van der Waals surface area contributed by atoms with E-state index >= 15 is 0 Å². The zero-order chi connectivity index (χ0) is 36.6. The standard InChI is InChI=1S/C43H40N4O6/c1-26-6-8-28(9-7-26)30-17-33-23-45-38-21-41(40(51-4)19-36(38)43(49)47(33)24-30)53-15-5-14-52-39-20-37-35(16-27(39)2)42(48)46-25-31(18-32(46)22-44-37)29-10-12-34(50-3)13-11-29/h6-13,16,19-25,32-33H,5,14-15,17-18H2,1-4H3/t32-,33?/m0/s1. The molecule has 2 atom stereocenters. The van der Waals surface area contributed by atoms with Crippen molar-refractivity contribution in [3.8, 4) is 23.0 Å². The first-order valence-corrected chi connectivity index (χ1v) is 17.8. The van der Waals surface area contributed by atoms with Gasteiger partial charge >= 0.3 is 0 Å². The van der Waals surface area contributed by atoms with Crippen LogP contribution in [0.5, 0.6) is 23.0 Å². The van der Waals surface area contributed by atoms with E-state index in [-0.39, 0.29) is 23.9 Å². The molecule has 8 rings (SSSR count). The molecule has 10 nitrogen and oxygen atoms in total. The summed E-state index contributed by atoms with van der Waals surface area (Å²) in [6.45, 7) is 4.73. The Morgan fingerprint density at radius 1 is 0.642 bits per heavy atom. The van der Waals surface area contributed by atoms with E-state index in [2.05, 4.69) is 31.2 Å². The SMILES string of the molecule is COc1ccc(C2=CN3C(=O)c4cc(C)c(OCCCOc5cc6c(cc5OC)C(=O)N5C=C(c7ccc(C)cc7)CC5C=N6)cc4N=C[C@@H]3C2)cc1. The van der Waals surface area contributed by atoms with Gasteiger partial charge in [0, 0.05) is 56.2 Å². The van der Waals surface area contributed by atoms with Crippen LogP contribution in [0.25, 0.3) is 11.1 Å². The van der Waals surface area contributed by atoms with Gasteiger partial charge in [0.2, 0.25) is 0 Å². The zero-order valence-corrected chi connectivity index (χ0v) is 30.2. The summed E-state index contributed by atoms with van der Waals surface area (Å²) in [4.78, 5) is 40.4. The number of amides is 2. The Morgan fingerprint density at radius 2 is 1.17 bits per heavy atom. The highest BCUT2D eigenvalue weighted by Crippen LogP contribution is 2.41. The van der Waals surface area contributed by atoms with Crippen LogP contribution in [0.2, 0.25) is 0 Å². The molecule has 0 N–H and O–H groups in total. The van der Waals surface area contributed by atoms with Gasteiger partial charge in [-0.05, 0) is 65.9 Å². The Morgan fingerprint density at radius 3 is 1.74 bits per heavy atom. The third-order valence-corrected chi connectivity index (χ3v) is 10.1. The molecule has 0 saturated carbocycles. The van der Waals surface area contributed by atoms with E-state index < -0.39 is 0 Å². The maximum absolute atomic E-state index is 13.7. The van der Waals surface area contributed by atoms with Gasteiger partial charge in [-0.1, -0.05) is 42.0 Å². The van der Waals surface area contributed by atoms with Crippen LogP contribution in [0.15, 0.2) is 95.2 Å². The second-order valence-electron chi connectivity index (χ2n) is 13.6. The smallest absolute Gasteiger partial charge is 0.260 e. The summed E-state index contributed by atoms with van der Waals surface area (Å²) in [6.07, 6.45) is 9.51. The number of aliphatic imine (C=N–C) groups is 2. The van der Waals surface area contributed by atoms with E-state index in [9.17, 15) is 9.59 Å². The van der Waals surface area contributed by atoms with Crippen LogP contribution in [0, 0.1) is 13.8 Å². The molecule has 1 unspecified atom stereocenters. The normalized spacial score (nSPS) is 18.3. The van der Waals surface area contributed by atoms with Crippen molar-refractivity contribution in [2.45, 2.75) is 45.2 Å². The Labute approximate surface area is 308 Å². The third-order valence-electron chi connectivity index (χ3n) is 10.1. The van der Waals surface area contributed by atoms with Crippen LogP contribution in [0.3, 0.4) is 0 Å². The van der Waals surface area contributed by atoms with Crippen LogP contribution in [0.1, 0.15) is 62.2 Å². The van der Waals surface area contributed by atoms with Crippen molar-refractivity contribution in [3.05, 3.63) is 119 Å². The Bertz CT molecular complexity index is 2220. The highest BCUT2D eigenvalue weighted by molar-refractivity contribution is 6.06. The van der Waals surface area contributed by atoms with Gasteiger partial charge in [0.1, 0.15) is 11.5 Å². The highest BCUT2D eigenvalue weighted by Gasteiger charge is 2.35. The molecule has 2 amide bonds. The lowest BCUT2D eigenvalue weighted by molar-refractivity contribution is 0.0809. The minimum Gasteiger partial charge on any atom is -0.497 e. The number of rotatable bonds is 10. The average molecular weight is 709 g/mol. The molecule has 0 bridgehead atoms. The van der Waals surface area contributed by atoms with Gasteiger partial charge in [-0.2, -0.15) is 0 Å². The monoisotopic (exact) mass is 708 g/mol. The van der Waals surface area contributed by atoms with E-state index in [0.29, 0.717) is 72.2 Å². The molecule has 4 aromatic rings. The molecule has 4 heterocycles. The molecule has 4 aliphatic heterocycles. The number of carbonyl (C=O) groups excluding carboxylic acids is 2. The molecule has 0 aliphatic carbocycles. The van der Waals surface area contributed by atoms with Crippen molar-refractivity contribution in [3.63, 3.8) is 0 Å². The maximum atomic E-state index is 13.7. The first-order chi connectivity index (χ1) is 25.8. The van der Waals surface area contributed by atoms with Gasteiger partial charge in [0.15, 0.2) is 11.5 Å². The summed E-state index contributed by atoms with van der Waals surface area (Å²) in [5.41, 5.74) is 8.53. The fourth-order valence-corrected chi connectivity index (χ4v) is 7.15. The predicted molar refractivity (Wildman–Crippen MR) is 205 cm³/mol. The van der Waals surface area contributed by atoms with Crippen molar-refractivity contribution in [1.82, 2.24) is 9.80 Å². The summed E-state index contributed by atoms with van der Waals surface area (Å²) >= 11 is 0. The number of nitrogens with zero attached hydrogens (tertiary/aromatic N) is 4. The van der Waals surface area contributed by atoms with E-state index in [1.165, 1.54) is 5.56 Å². The summed E-state index contributed by atoms with van der Waals surface area (Å²) in [5.74, 6) is 2.22. The van der Waals surface area contributed by atoms with E-state index in [1.807, 2.05) is 68.2 Å². The maximum Gasteiger partial charge on any atom is 0.260 e. The molecular weight excluding hydrogens is 668 g/mol. The predicted octanol–water partition coefficient (Wildman–Crippen LogP) is 8.11. The number of hydrogen-bond acceptors (Lipinski definition) is 8. The number of ether oxygens (including phenoxy) is 4. The number of carbonyl (C=O) groups is 2. The molecule has 4 aromatic carbocycles. The van der Waals surface area contributed by atoms with Crippen LogP contribution < -0.4 is 18.9 Å². The highest BCUT2D eigenvalue weighted by atomic mass is 16.5. The van der Waals surface area contributed by atoms with Crippen LogP contribution in [-0.2, 0) is 0 Å². The van der Waals surface area contributed by atoms with Crippen molar-refractivity contribution < 1.29 is 28.5 Å². The van der Waals surface area contributed by atoms with E-state index in [1.54, 1.807) is 36.2 Å². The summed E-state index contributed by atoms with van der Waals surface area (Å²) < 4.78 is 23.2. The van der Waals surface area contributed by atoms with Gasteiger partial charge < -0.3 is 28.7 Å². The van der Waals surface area contributed by atoms with Gasteiger partial charge in [0.05, 0.1) is 62.0 Å². The fraction of sp³-hybridized carbons (Fsp3) is 0.256. The lowest BCUT2D eigenvalue weighted by Crippen LogP contribution is -2.32. The number of hydrogen-bond donors (Lipinski definition) is 0. The summed E-state index contributed by atoms with van der Waals surface area (Å²) in [7, 11) is 3.20. The van der Waals surface area contributed by atoms with Crippen molar-refractivity contribution >= 4 is 46.8 Å². The number of benzene rings is 4. The quantitative estimate of drug-likeness (QED) is 0.154. The fourth-order valence-electron chi connectivity index (χ4n) is 7.15. The van der Waals surface area contributed by atoms with Crippen LogP contribution in [-0.4, -0.2) is 73.6 Å². The number of aryl methyl sites for hydroxylation is 2. The van der Waals surface area contributed by atoms with E-state index in [0.717, 1.165) is 33.6 Å². The molecule has 0 spiro atoms. The van der Waals surface area contributed by atoms with E-state index in [4.69, 9.17) is 28.9 Å². The van der Waals surface area contributed by atoms with Crippen LogP contribution >= 0.6 is 0 Å². The topological polar surface area (TPSA) is 102 Å². The van der Waals surface area contributed by atoms with Gasteiger partial charge in [-0.15, -0.1) is 0 Å². The molecule has 0 fully saturated rings. The lowest BCUT2D eigenvalue weighted by atomic mass is 10.0. The average Bonchev–Trinajstić information content (AvgIpc) is 3.76. The van der Waals surface area contributed by atoms with Crippen molar-refractivity contribution in [2.75, 3.05) is 27.4 Å². The molecule has 10 heteroatoms. The zero-order valence-electron chi connectivity index (χ0n) is 30.2. The van der Waals surface area contributed by atoms with Gasteiger partial charge in [0.25, 0.3) is 11.8 Å². The minimum atomic E-state index is -0.161. The molecule has 0 aromatic heterocycles. The Hall–Kier alpha value is -6.16.